The Hall–Kier alpha value is -0.920. The van der Waals surface area contributed by atoms with Gasteiger partial charge in [-0.2, -0.15) is 0 Å². The van der Waals surface area contributed by atoms with E-state index in [-0.39, 0.29) is 42.6 Å². The van der Waals surface area contributed by atoms with Gasteiger partial charge in [-0.1, -0.05) is 18.2 Å². The number of hydrogen-bond acceptors (Lipinski definition) is 4. The number of nitrogens with one attached hydrogen (secondary N) is 1. The van der Waals surface area contributed by atoms with E-state index >= 15 is 0 Å². The Bertz CT molecular complexity index is 554. The molecule has 3 rings (SSSR count). The molecule has 1 saturated carbocycles. The highest BCUT2D eigenvalue weighted by atomic mass is 35.5. The van der Waals surface area contributed by atoms with E-state index in [2.05, 4.69) is 5.32 Å². The summed E-state index contributed by atoms with van der Waals surface area (Å²) in [5.74, 6) is -0.0238. The van der Waals surface area contributed by atoms with E-state index in [1.54, 1.807) is 18.2 Å². The molecule has 2 unspecified atom stereocenters. The second kappa shape index (κ2) is 10.3. The van der Waals surface area contributed by atoms with Crippen molar-refractivity contribution in [2.45, 2.75) is 24.9 Å². The second-order valence-electron chi connectivity index (χ2n) is 6.32. The maximum absolute atomic E-state index is 14.2. The molecule has 5 nitrogen and oxygen atoms in total. The summed E-state index contributed by atoms with van der Waals surface area (Å²) in [7, 11) is 0. The van der Waals surface area contributed by atoms with Crippen molar-refractivity contribution >= 4 is 30.7 Å². The Morgan fingerprint density at radius 2 is 1.92 bits per heavy atom. The van der Waals surface area contributed by atoms with Gasteiger partial charge >= 0.3 is 0 Å². The standard InChI is InChI=1S/C17H24FN3O2.2ClH/c18-14-4-2-1-3-13(14)16(21-7-9-23-10-8-21)17(22)20-11-15(19)12-5-6-12;;/h1-4,12,15-16H,5-11,19H2,(H,20,22);2*1H. The normalized spacial score (nSPS) is 19.9. The average Bonchev–Trinajstić information content (AvgIpc) is 3.41. The topological polar surface area (TPSA) is 67.6 Å². The second-order valence-corrected chi connectivity index (χ2v) is 6.32. The van der Waals surface area contributed by atoms with Crippen molar-refractivity contribution in [1.82, 2.24) is 10.2 Å². The zero-order valence-electron chi connectivity index (χ0n) is 14.0. The van der Waals surface area contributed by atoms with Crippen LogP contribution in [0.4, 0.5) is 4.39 Å². The number of carbonyl (C=O) groups excluding carboxylic acids is 1. The van der Waals surface area contributed by atoms with Gasteiger partial charge in [0.15, 0.2) is 0 Å². The highest BCUT2D eigenvalue weighted by molar-refractivity contribution is 5.85. The molecule has 1 aliphatic heterocycles. The molecule has 2 atom stereocenters. The molecular formula is C17H26Cl2FN3O2. The van der Waals surface area contributed by atoms with Crippen LogP contribution in [0.15, 0.2) is 24.3 Å². The molecule has 3 N–H and O–H groups in total. The maximum atomic E-state index is 14.2. The van der Waals surface area contributed by atoms with Crippen LogP contribution in [-0.4, -0.2) is 49.7 Å². The van der Waals surface area contributed by atoms with Crippen LogP contribution in [0.25, 0.3) is 0 Å². The Labute approximate surface area is 160 Å². The van der Waals surface area contributed by atoms with Gasteiger partial charge in [-0.05, 0) is 24.8 Å². The van der Waals surface area contributed by atoms with E-state index in [1.165, 1.54) is 6.07 Å². The first-order chi connectivity index (χ1) is 11.2. The van der Waals surface area contributed by atoms with Crippen LogP contribution in [0.2, 0.25) is 0 Å². The molecule has 2 aliphatic rings. The zero-order valence-corrected chi connectivity index (χ0v) is 15.7. The summed E-state index contributed by atoms with van der Waals surface area (Å²) >= 11 is 0. The van der Waals surface area contributed by atoms with Gasteiger partial charge in [0, 0.05) is 31.2 Å². The highest BCUT2D eigenvalue weighted by Crippen LogP contribution is 2.31. The minimum atomic E-state index is -0.633. The number of hydrogen-bond donors (Lipinski definition) is 2. The van der Waals surface area contributed by atoms with Gasteiger partial charge in [0.05, 0.1) is 13.2 Å². The number of amides is 1. The number of nitrogens with zero attached hydrogens (tertiary/aromatic N) is 1. The summed E-state index contributed by atoms with van der Waals surface area (Å²) in [6.45, 7) is 2.78. The lowest BCUT2D eigenvalue weighted by Gasteiger charge is -2.34. The fourth-order valence-electron chi connectivity index (χ4n) is 3.04. The molecule has 1 saturated heterocycles. The van der Waals surface area contributed by atoms with Crippen LogP contribution >= 0.6 is 24.8 Å². The van der Waals surface area contributed by atoms with E-state index in [4.69, 9.17) is 10.5 Å². The van der Waals surface area contributed by atoms with Crippen molar-refractivity contribution in [3.8, 4) is 0 Å². The van der Waals surface area contributed by atoms with Crippen LogP contribution in [0, 0.1) is 11.7 Å². The Kier molecular flexibility index (Phi) is 9.10. The van der Waals surface area contributed by atoms with Gasteiger partial charge in [-0.15, -0.1) is 24.8 Å². The Morgan fingerprint density at radius 3 is 2.52 bits per heavy atom. The van der Waals surface area contributed by atoms with E-state index in [0.29, 0.717) is 44.3 Å². The number of halogens is 3. The molecule has 1 aromatic rings. The molecule has 0 aromatic heterocycles. The minimum Gasteiger partial charge on any atom is -0.379 e. The Morgan fingerprint density at radius 1 is 1.28 bits per heavy atom. The van der Waals surface area contributed by atoms with Gasteiger partial charge in [-0.3, -0.25) is 9.69 Å². The van der Waals surface area contributed by atoms with Crippen LogP contribution in [-0.2, 0) is 9.53 Å². The summed E-state index contributed by atoms with van der Waals surface area (Å²) < 4.78 is 19.6. The van der Waals surface area contributed by atoms with Gasteiger partial charge in [0.1, 0.15) is 11.9 Å². The number of morpholine rings is 1. The molecular weight excluding hydrogens is 368 g/mol. The van der Waals surface area contributed by atoms with Crippen molar-refractivity contribution in [3.05, 3.63) is 35.6 Å². The minimum absolute atomic E-state index is 0. The predicted molar refractivity (Wildman–Crippen MR) is 99.7 cm³/mol. The monoisotopic (exact) mass is 393 g/mol. The molecule has 1 aromatic carbocycles. The van der Waals surface area contributed by atoms with Crippen LogP contribution < -0.4 is 11.1 Å². The number of ether oxygens (including phenoxy) is 1. The molecule has 25 heavy (non-hydrogen) atoms. The molecule has 8 heteroatoms. The maximum Gasteiger partial charge on any atom is 0.242 e. The molecule has 0 radical (unpaired) electrons. The zero-order chi connectivity index (χ0) is 16.2. The van der Waals surface area contributed by atoms with Gasteiger partial charge in [0.2, 0.25) is 5.91 Å². The van der Waals surface area contributed by atoms with Crippen molar-refractivity contribution in [2.75, 3.05) is 32.8 Å². The predicted octanol–water partition coefficient (Wildman–Crippen LogP) is 1.90. The number of carbonyl (C=O) groups is 1. The first-order valence-electron chi connectivity index (χ1n) is 8.26. The highest BCUT2D eigenvalue weighted by Gasteiger charge is 2.33. The lowest BCUT2D eigenvalue weighted by Crippen LogP contribution is -2.48. The lowest BCUT2D eigenvalue weighted by atomic mass is 10.0. The summed E-state index contributed by atoms with van der Waals surface area (Å²) in [6, 6.07) is 5.82. The van der Waals surface area contributed by atoms with Crippen molar-refractivity contribution < 1.29 is 13.9 Å². The van der Waals surface area contributed by atoms with Crippen LogP contribution in [0.5, 0.6) is 0 Å². The largest absolute Gasteiger partial charge is 0.379 e. The number of nitrogens with two attached hydrogens (primary N) is 1. The summed E-state index contributed by atoms with van der Waals surface area (Å²) in [5.41, 5.74) is 6.46. The summed E-state index contributed by atoms with van der Waals surface area (Å²) in [6.07, 6.45) is 2.27. The number of benzene rings is 1. The molecule has 2 fully saturated rings. The quantitative estimate of drug-likeness (QED) is 0.774. The fourth-order valence-corrected chi connectivity index (χ4v) is 3.04. The molecule has 1 heterocycles. The molecule has 0 bridgehead atoms. The van der Waals surface area contributed by atoms with Gasteiger partial charge < -0.3 is 15.8 Å². The van der Waals surface area contributed by atoms with E-state index in [0.717, 1.165) is 12.8 Å². The van der Waals surface area contributed by atoms with E-state index in [1.807, 2.05) is 4.90 Å². The van der Waals surface area contributed by atoms with Crippen molar-refractivity contribution in [1.29, 1.82) is 0 Å². The molecule has 1 aliphatic carbocycles. The number of rotatable bonds is 6. The first kappa shape index (κ1) is 22.1. The van der Waals surface area contributed by atoms with Gasteiger partial charge in [-0.25, -0.2) is 4.39 Å². The Balaban J connectivity index is 0.00000156. The average molecular weight is 394 g/mol. The van der Waals surface area contributed by atoms with E-state index in [9.17, 15) is 9.18 Å². The molecule has 1 amide bonds. The summed E-state index contributed by atoms with van der Waals surface area (Å²) in [4.78, 5) is 14.7. The smallest absolute Gasteiger partial charge is 0.242 e. The van der Waals surface area contributed by atoms with Gasteiger partial charge in [0.25, 0.3) is 0 Å². The third-order valence-electron chi connectivity index (χ3n) is 4.60. The third kappa shape index (κ3) is 5.79. The van der Waals surface area contributed by atoms with Crippen molar-refractivity contribution in [2.24, 2.45) is 11.7 Å². The van der Waals surface area contributed by atoms with Crippen LogP contribution in [0.3, 0.4) is 0 Å². The summed E-state index contributed by atoms with van der Waals surface area (Å²) in [5, 5.41) is 2.91. The lowest BCUT2D eigenvalue weighted by molar-refractivity contribution is -0.128. The fraction of sp³-hybridized carbons (Fsp3) is 0.588. The van der Waals surface area contributed by atoms with Crippen molar-refractivity contribution in [3.63, 3.8) is 0 Å². The third-order valence-corrected chi connectivity index (χ3v) is 4.60. The van der Waals surface area contributed by atoms with E-state index < -0.39 is 6.04 Å². The molecule has 142 valence electrons. The molecule has 0 spiro atoms. The van der Waals surface area contributed by atoms with Crippen LogP contribution in [0.1, 0.15) is 24.4 Å². The first-order valence-corrected chi connectivity index (χ1v) is 8.26. The SMILES string of the molecule is Cl.Cl.NC(CNC(=O)C(c1ccccc1F)N1CCOCC1)C1CC1.